The van der Waals surface area contributed by atoms with Crippen LogP contribution in [0.2, 0.25) is 0 Å². The van der Waals surface area contributed by atoms with Crippen LogP contribution in [0.15, 0.2) is 29.6 Å². The minimum Gasteiger partial charge on any atom is -0.348 e. The fourth-order valence-electron chi connectivity index (χ4n) is 2.53. The second-order valence-electron chi connectivity index (χ2n) is 5.39. The molecule has 3 rings (SSSR count). The normalized spacial score (nSPS) is 14.4. The molecule has 24 heavy (non-hydrogen) atoms. The summed E-state index contributed by atoms with van der Waals surface area (Å²) in [4.78, 5) is 16.5. The molecule has 132 valence electrons. The van der Waals surface area contributed by atoms with Crippen molar-refractivity contribution in [2.45, 2.75) is 25.3 Å². The molecule has 0 aliphatic carbocycles. The minimum absolute atomic E-state index is 0. The smallest absolute Gasteiger partial charge is 0.270 e. The molecule has 0 radical (unpaired) electrons. The molecule has 4 nitrogen and oxygen atoms in total. The maximum Gasteiger partial charge on any atom is 0.270 e. The molecule has 1 saturated heterocycles. The predicted octanol–water partition coefficient (Wildman–Crippen LogP) is 3.20. The summed E-state index contributed by atoms with van der Waals surface area (Å²) < 4.78 is 13.6. The molecule has 1 aliphatic heterocycles. The number of hydrogen-bond donors (Lipinski definition) is 2. The molecule has 1 aliphatic rings. The minimum atomic E-state index is -0.238. The van der Waals surface area contributed by atoms with E-state index in [1.807, 2.05) is 0 Å². The van der Waals surface area contributed by atoms with Gasteiger partial charge in [0, 0.05) is 17.8 Å². The second kappa shape index (κ2) is 9.93. The van der Waals surface area contributed by atoms with Gasteiger partial charge >= 0.3 is 0 Å². The maximum absolute atomic E-state index is 13.6. The Morgan fingerprint density at radius 2 is 2.00 bits per heavy atom. The highest BCUT2D eigenvalue weighted by Gasteiger charge is 2.18. The Morgan fingerprint density at radius 1 is 1.29 bits per heavy atom. The summed E-state index contributed by atoms with van der Waals surface area (Å²) >= 11 is 1.39. The monoisotopic (exact) mass is 391 g/mol. The molecule has 0 saturated carbocycles. The number of thiazole rings is 1. The van der Waals surface area contributed by atoms with Crippen LogP contribution in [-0.2, 0) is 6.42 Å². The number of hydrogen-bond acceptors (Lipinski definition) is 4. The fraction of sp³-hybridized carbons (Fsp3) is 0.375. The Kier molecular flexibility index (Phi) is 8.62. The van der Waals surface area contributed by atoms with Gasteiger partial charge in [-0.3, -0.25) is 4.79 Å². The van der Waals surface area contributed by atoms with Crippen LogP contribution in [0.5, 0.6) is 0 Å². The van der Waals surface area contributed by atoms with Gasteiger partial charge in [0.25, 0.3) is 5.91 Å². The number of carbonyl (C=O) groups is 1. The topological polar surface area (TPSA) is 54.0 Å². The molecular weight excluding hydrogens is 372 g/mol. The van der Waals surface area contributed by atoms with Crippen molar-refractivity contribution in [2.24, 2.45) is 0 Å². The van der Waals surface area contributed by atoms with Gasteiger partial charge in [0.2, 0.25) is 0 Å². The average molecular weight is 392 g/mol. The molecule has 1 amide bonds. The van der Waals surface area contributed by atoms with Gasteiger partial charge < -0.3 is 10.6 Å². The van der Waals surface area contributed by atoms with Crippen LogP contribution in [0.1, 0.15) is 33.9 Å². The summed E-state index contributed by atoms with van der Waals surface area (Å²) in [6, 6.07) is 6.86. The summed E-state index contributed by atoms with van der Waals surface area (Å²) in [6.07, 6.45) is 2.30. The van der Waals surface area contributed by atoms with E-state index in [9.17, 15) is 9.18 Å². The number of nitrogens with zero attached hydrogens (tertiary/aromatic N) is 1. The highest BCUT2D eigenvalue weighted by Crippen LogP contribution is 2.17. The Balaban J connectivity index is 0.00000144. The third-order valence-electron chi connectivity index (χ3n) is 3.76. The Morgan fingerprint density at radius 3 is 2.71 bits per heavy atom. The number of amides is 1. The molecule has 2 aromatic rings. The zero-order valence-electron chi connectivity index (χ0n) is 13.0. The molecule has 1 fully saturated rings. The van der Waals surface area contributed by atoms with Crippen LogP contribution in [0.3, 0.4) is 0 Å². The van der Waals surface area contributed by atoms with E-state index in [0.29, 0.717) is 17.7 Å². The SMILES string of the molecule is Cl.Cl.O=C(NC1CCNCC1)c1csc(Cc2ccccc2F)n1. The number of aromatic nitrogens is 1. The second-order valence-corrected chi connectivity index (χ2v) is 6.34. The van der Waals surface area contributed by atoms with Gasteiger partial charge in [-0.05, 0) is 37.6 Å². The molecule has 0 bridgehead atoms. The van der Waals surface area contributed by atoms with Gasteiger partial charge in [-0.25, -0.2) is 9.37 Å². The number of halogens is 3. The van der Waals surface area contributed by atoms with Crippen molar-refractivity contribution in [1.82, 2.24) is 15.6 Å². The van der Waals surface area contributed by atoms with Crippen LogP contribution in [0, 0.1) is 5.82 Å². The van der Waals surface area contributed by atoms with E-state index in [4.69, 9.17) is 0 Å². The number of carbonyl (C=O) groups excluding carboxylic acids is 1. The van der Waals surface area contributed by atoms with E-state index in [2.05, 4.69) is 15.6 Å². The first kappa shape index (κ1) is 20.8. The van der Waals surface area contributed by atoms with Crippen molar-refractivity contribution in [3.05, 3.63) is 51.7 Å². The quantitative estimate of drug-likeness (QED) is 0.840. The number of nitrogens with one attached hydrogen (secondary N) is 2. The highest BCUT2D eigenvalue weighted by molar-refractivity contribution is 7.09. The fourth-order valence-corrected chi connectivity index (χ4v) is 3.32. The van der Waals surface area contributed by atoms with Crippen LogP contribution in [0.4, 0.5) is 4.39 Å². The summed E-state index contributed by atoms with van der Waals surface area (Å²) in [5, 5.41) is 8.77. The molecule has 2 N–H and O–H groups in total. The number of piperidine rings is 1. The standard InChI is InChI=1S/C16H18FN3OS.2ClH/c17-13-4-2-1-3-11(13)9-15-20-14(10-22-15)16(21)19-12-5-7-18-8-6-12;;/h1-4,10,12,18H,5-9H2,(H,19,21);2*1H. The Labute approximate surface area is 157 Å². The van der Waals surface area contributed by atoms with E-state index in [-0.39, 0.29) is 42.6 Å². The number of benzene rings is 1. The lowest BCUT2D eigenvalue weighted by Gasteiger charge is -2.23. The van der Waals surface area contributed by atoms with Gasteiger partial charge in [0.15, 0.2) is 0 Å². The Bertz CT molecular complexity index is 662. The van der Waals surface area contributed by atoms with Gasteiger partial charge in [-0.1, -0.05) is 18.2 Å². The van der Waals surface area contributed by atoms with Crippen molar-refractivity contribution in [1.29, 1.82) is 0 Å². The maximum atomic E-state index is 13.6. The van der Waals surface area contributed by atoms with Gasteiger partial charge in [0.1, 0.15) is 11.5 Å². The summed E-state index contributed by atoms with van der Waals surface area (Å²) in [7, 11) is 0. The van der Waals surface area contributed by atoms with E-state index in [1.165, 1.54) is 17.4 Å². The van der Waals surface area contributed by atoms with E-state index >= 15 is 0 Å². The van der Waals surface area contributed by atoms with Crippen LogP contribution < -0.4 is 10.6 Å². The molecular formula is C16H20Cl2FN3OS. The molecule has 2 heterocycles. The van der Waals surface area contributed by atoms with E-state index in [1.54, 1.807) is 23.6 Å². The summed E-state index contributed by atoms with van der Waals surface area (Å²) in [5.41, 5.74) is 1.03. The summed E-state index contributed by atoms with van der Waals surface area (Å²) in [6.45, 7) is 1.86. The largest absolute Gasteiger partial charge is 0.348 e. The van der Waals surface area contributed by atoms with Gasteiger partial charge in [0.05, 0.1) is 5.01 Å². The molecule has 0 unspecified atom stereocenters. The van der Waals surface area contributed by atoms with Crippen molar-refractivity contribution in [3.63, 3.8) is 0 Å². The highest BCUT2D eigenvalue weighted by atomic mass is 35.5. The van der Waals surface area contributed by atoms with Crippen LogP contribution >= 0.6 is 36.2 Å². The van der Waals surface area contributed by atoms with E-state index < -0.39 is 0 Å². The molecule has 0 atom stereocenters. The zero-order chi connectivity index (χ0) is 15.4. The van der Waals surface area contributed by atoms with Gasteiger partial charge in [-0.2, -0.15) is 0 Å². The number of rotatable bonds is 4. The lowest BCUT2D eigenvalue weighted by molar-refractivity contribution is 0.0925. The lowest BCUT2D eigenvalue weighted by atomic mass is 10.1. The van der Waals surface area contributed by atoms with Crippen molar-refractivity contribution < 1.29 is 9.18 Å². The van der Waals surface area contributed by atoms with Crippen LogP contribution in [0.25, 0.3) is 0 Å². The summed E-state index contributed by atoms with van der Waals surface area (Å²) in [5.74, 6) is -0.374. The first-order valence-electron chi connectivity index (χ1n) is 7.42. The predicted molar refractivity (Wildman–Crippen MR) is 99.2 cm³/mol. The van der Waals surface area contributed by atoms with E-state index in [0.717, 1.165) is 30.9 Å². The van der Waals surface area contributed by atoms with Crippen molar-refractivity contribution >= 4 is 42.1 Å². The third-order valence-corrected chi connectivity index (χ3v) is 4.61. The average Bonchev–Trinajstić information content (AvgIpc) is 2.99. The first-order valence-corrected chi connectivity index (χ1v) is 8.30. The molecule has 1 aromatic heterocycles. The van der Waals surface area contributed by atoms with Crippen molar-refractivity contribution in [3.8, 4) is 0 Å². The first-order chi connectivity index (χ1) is 10.7. The van der Waals surface area contributed by atoms with Crippen molar-refractivity contribution in [2.75, 3.05) is 13.1 Å². The van der Waals surface area contributed by atoms with Crippen LogP contribution in [-0.4, -0.2) is 30.0 Å². The zero-order valence-corrected chi connectivity index (χ0v) is 15.4. The molecule has 0 spiro atoms. The lowest BCUT2D eigenvalue weighted by Crippen LogP contribution is -2.42. The third kappa shape index (κ3) is 5.41. The Hall–Kier alpha value is -1.21. The van der Waals surface area contributed by atoms with Gasteiger partial charge in [-0.15, -0.1) is 36.2 Å². The molecule has 8 heteroatoms. The molecule has 1 aromatic carbocycles.